The molecule has 0 atom stereocenters. The van der Waals surface area contributed by atoms with Gasteiger partial charge in [0.1, 0.15) is 4.60 Å². The van der Waals surface area contributed by atoms with Gasteiger partial charge in [-0.2, -0.15) is 0 Å². The van der Waals surface area contributed by atoms with Gasteiger partial charge in [-0.05, 0) is 29.8 Å². The van der Waals surface area contributed by atoms with Crippen molar-refractivity contribution < 1.29 is 8.42 Å². The number of nitrogens with zero attached hydrogens (tertiary/aromatic N) is 3. The lowest BCUT2D eigenvalue weighted by atomic mass is 10.2. The molecule has 0 spiro atoms. The van der Waals surface area contributed by atoms with Gasteiger partial charge in [-0.15, -0.1) is 0 Å². The fraction of sp³-hybridized carbons (Fsp3) is 0.500. The van der Waals surface area contributed by atoms with Crippen molar-refractivity contribution in [1.29, 1.82) is 0 Å². The van der Waals surface area contributed by atoms with Crippen molar-refractivity contribution in [3.63, 3.8) is 0 Å². The van der Waals surface area contributed by atoms with Gasteiger partial charge in [0.05, 0.1) is 22.8 Å². The summed E-state index contributed by atoms with van der Waals surface area (Å²) in [7, 11) is -3.10. The molecule has 6 nitrogen and oxygen atoms in total. The van der Waals surface area contributed by atoms with E-state index in [0.29, 0.717) is 13.1 Å². The molecule has 20 heavy (non-hydrogen) atoms. The monoisotopic (exact) mass is 360 g/mol. The molecule has 0 aliphatic rings. The smallest absolute Gasteiger partial charge is 0.155 e. The Morgan fingerprint density at radius 2 is 2.05 bits per heavy atom. The number of fused-ring (bicyclic) bond motifs is 1. The number of aromatic nitrogens is 3. The van der Waals surface area contributed by atoms with Gasteiger partial charge in [0.15, 0.2) is 15.5 Å². The summed E-state index contributed by atoms with van der Waals surface area (Å²) in [4.78, 5) is 8.35. The van der Waals surface area contributed by atoms with Gasteiger partial charge in [0, 0.05) is 25.5 Å². The van der Waals surface area contributed by atoms with Crippen LogP contribution in [0.2, 0.25) is 0 Å². The second kappa shape index (κ2) is 5.42. The van der Waals surface area contributed by atoms with Gasteiger partial charge < -0.3 is 5.32 Å². The highest BCUT2D eigenvalue weighted by atomic mass is 79.9. The molecule has 2 aromatic rings. The van der Waals surface area contributed by atoms with Crippen molar-refractivity contribution >= 4 is 31.4 Å². The van der Waals surface area contributed by atoms with Crippen LogP contribution >= 0.6 is 15.9 Å². The van der Waals surface area contributed by atoms with E-state index in [0.717, 1.165) is 15.9 Å². The van der Waals surface area contributed by atoms with Gasteiger partial charge in [-0.1, -0.05) is 0 Å². The standard InChI is InChI=1S/C12H17BrN4O2S/c1-12(2,20(3,18)19)8-14-4-9-5-16-11-6-15-10(13)7-17(9)11/h5-7,14H,4,8H2,1-3H3. The number of imidazole rings is 1. The third-order valence-corrected chi connectivity index (χ3v) is 5.86. The molecule has 0 bridgehead atoms. The summed E-state index contributed by atoms with van der Waals surface area (Å²) in [6.45, 7) is 4.34. The first kappa shape index (κ1) is 15.4. The van der Waals surface area contributed by atoms with E-state index in [1.807, 2.05) is 10.6 Å². The van der Waals surface area contributed by atoms with E-state index in [9.17, 15) is 8.42 Å². The molecule has 8 heteroatoms. The molecule has 0 aromatic carbocycles. The maximum Gasteiger partial charge on any atom is 0.155 e. The van der Waals surface area contributed by atoms with Crippen LogP contribution in [0, 0.1) is 0 Å². The number of hydrogen-bond acceptors (Lipinski definition) is 5. The van der Waals surface area contributed by atoms with Crippen molar-refractivity contribution in [3.8, 4) is 0 Å². The Morgan fingerprint density at radius 1 is 1.35 bits per heavy atom. The zero-order chi connectivity index (χ0) is 15.0. The Morgan fingerprint density at radius 3 is 2.70 bits per heavy atom. The van der Waals surface area contributed by atoms with Crippen LogP contribution in [0.3, 0.4) is 0 Å². The zero-order valence-electron chi connectivity index (χ0n) is 11.6. The molecule has 0 aliphatic heterocycles. The van der Waals surface area contributed by atoms with Crippen LogP contribution in [0.5, 0.6) is 0 Å². The molecule has 2 aromatic heterocycles. The average molecular weight is 361 g/mol. The predicted octanol–water partition coefficient (Wildman–Crippen LogP) is 1.40. The molecule has 0 aliphatic carbocycles. The van der Waals surface area contributed by atoms with Crippen LogP contribution in [0.1, 0.15) is 19.5 Å². The molecule has 0 fully saturated rings. The first-order chi connectivity index (χ1) is 9.21. The minimum absolute atomic E-state index is 0.380. The summed E-state index contributed by atoms with van der Waals surface area (Å²) >= 11 is 3.32. The number of sulfone groups is 1. The van der Waals surface area contributed by atoms with E-state index in [1.165, 1.54) is 6.26 Å². The fourth-order valence-corrected chi connectivity index (χ4v) is 2.34. The van der Waals surface area contributed by atoms with Crippen LogP contribution in [0.15, 0.2) is 23.2 Å². The van der Waals surface area contributed by atoms with Gasteiger partial charge >= 0.3 is 0 Å². The quantitative estimate of drug-likeness (QED) is 0.871. The van der Waals surface area contributed by atoms with Crippen LogP contribution in [0.4, 0.5) is 0 Å². The molecule has 2 rings (SSSR count). The largest absolute Gasteiger partial charge is 0.310 e. The summed E-state index contributed by atoms with van der Waals surface area (Å²) < 4.78 is 25.1. The highest BCUT2D eigenvalue weighted by molar-refractivity contribution is 9.10. The SMILES string of the molecule is CC(C)(CNCc1cnc2cnc(Br)cn12)S(C)(=O)=O. The minimum atomic E-state index is -3.10. The highest BCUT2D eigenvalue weighted by Gasteiger charge is 2.29. The minimum Gasteiger partial charge on any atom is -0.310 e. The van der Waals surface area contributed by atoms with Gasteiger partial charge in [-0.25, -0.2) is 18.4 Å². The van der Waals surface area contributed by atoms with Crippen molar-refractivity contribution in [2.24, 2.45) is 0 Å². The molecular weight excluding hydrogens is 344 g/mol. The predicted molar refractivity (Wildman–Crippen MR) is 81.3 cm³/mol. The molecule has 2 heterocycles. The van der Waals surface area contributed by atoms with E-state index < -0.39 is 14.6 Å². The number of hydrogen-bond donors (Lipinski definition) is 1. The summed E-state index contributed by atoms with van der Waals surface area (Å²) in [5.74, 6) is 0. The topological polar surface area (TPSA) is 76.4 Å². The first-order valence-corrected chi connectivity index (χ1v) is 8.77. The number of rotatable bonds is 5. The molecule has 1 N–H and O–H groups in total. The third-order valence-electron chi connectivity index (χ3n) is 3.30. The van der Waals surface area contributed by atoms with Crippen LogP contribution in [-0.2, 0) is 16.4 Å². The average Bonchev–Trinajstić information content (AvgIpc) is 2.70. The zero-order valence-corrected chi connectivity index (χ0v) is 14.0. The van der Waals surface area contributed by atoms with E-state index in [1.54, 1.807) is 26.2 Å². The second-order valence-corrected chi connectivity index (χ2v) is 8.79. The van der Waals surface area contributed by atoms with Crippen molar-refractivity contribution in [2.75, 3.05) is 12.8 Å². The van der Waals surface area contributed by atoms with Crippen LogP contribution in [-0.4, -0.2) is 40.3 Å². The Kier molecular flexibility index (Phi) is 4.17. The maximum atomic E-state index is 11.6. The van der Waals surface area contributed by atoms with Crippen molar-refractivity contribution in [3.05, 3.63) is 28.9 Å². The summed E-state index contributed by atoms with van der Waals surface area (Å²) in [6.07, 6.45) is 6.52. The van der Waals surface area contributed by atoms with E-state index in [2.05, 4.69) is 31.2 Å². The lowest BCUT2D eigenvalue weighted by Gasteiger charge is -2.22. The Bertz CT molecular complexity index is 724. The Hall–Kier alpha value is -0.990. The van der Waals surface area contributed by atoms with Gasteiger partial charge in [0.2, 0.25) is 0 Å². The lowest BCUT2D eigenvalue weighted by molar-refractivity contribution is 0.519. The molecule has 0 saturated heterocycles. The van der Waals surface area contributed by atoms with Crippen molar-refractivity contribution in [2.45, 2.75) is 25.1 Å². The van der Waals surface area contributed by atoms with Gasteiger partial charge in [-0.3, -0.25) is 4.40 Å². The molecule has 0 amide bonds. The van der Waals surface area contributed by atoms with E-state index in [-0.39, 0.29) is 0 Å². The first-order valence-electron chi connectivity index (χ1n) is 6.08. The summed E-state index contributed by atoms with van der Waals surface area (Å²) in [5, 5.41) is 3.17. The molecular formula is C12H17BrN4O2S. The highest BCUT2D eigenvalue weighted by Crippen LogP contribution is 2.14. The Balaban J connectivity index is 2.09. The molecule has 110 valence electrons. The number of nitrogens with one attached hydrogen (secondary N) is 1. The number of halogens is 1. The van der Waals surface area contributed by atoms with Crippen molar-refractivity contribution in [1.82, 2.24) is 19.7 Å². The molecule has 0 unspecified atom stereocenters. The van der Waals surface area contributed by atoms with Crippen LogP contribution in [0.25, 0.3) is 5.65 Å². The Labute approximate surface area is 126 Å². The maximum absolute atomic E-state index is 11.6. The summed E-state index contributed by atoms with van der Waals surface area (Å²) in [5.41, 5.74) is 1.71. The second-order valence-electron chi connectivity index (χ2n) is 5.32. The summed E-state index contributed by atoms with van der Waals surface area (Å²) in [6, 6.07) is 0. The van der Waals surface area contributed by atoms with E-state index in [4.69, 9.17) is 0 Å². The van der Waals surface area contributed by atoms with Gasteiger partial charge in [0.25, 0.3) is 0 Å². The van der Waals surface area contributed by atoms with E-state index >= 15 is 0 Å². The normalized spacial score (nSPS) is 13.0. The lowest BCUT2D eigenvalue weighted by Crippen LogP contribution is -2.41. The molecule has 0 radical (unpaired) electrons. The molecule has 0 saturated carbocycles. The van der Waals surface area contributed by atoms with Crippen LogP contribution < -0.4 is 5.32 Å². The fourth-order valence-electron chi connectivity index (χ4n) is 1.67. The third kappa shape index (κ3) is 3.18.